The number of ether oxygens (including phenoxy) is 5. The van der Waals surface area contributed by atoms with E-state index in [-0.39, 0.29) is 34.3 Å². The van der Waals surface area contributed by atoms with Crippen LogP contribution in [0.25, 0.3) is 0 Å². The van der Waals surface area contributed by atoms with Gasteiger partial charge < -0.3 is 34.7 Å². The molecule has 3 N–H and O–H groups in total. The molecule has 3 unspecified atom stereocenters. The molecule has 44 heavy (non-hydrogen) atoms. The smallest absolute Gasteiger partial charge is 0.303 e. The number of nitrogens with one attached hydrogen (secondary N) is 1. The van der Waals surface area contributed by atoms with Crippen LogP contribution in [0.3, 0.4) is 0 Å². The van der Waals surface area contributed by atoms with Gasteiger partial charge in [-0.2, -0.15) is 0 Å². The molecule has 1 saturated heterocycles. The van der Waals surface area contributed by atoms with Gasteiger partial charge in [0.15, 0.2) is 24.6 Å². The zero-order valence-corrected chi connectivity index (χ0v) is 27.4. The molecule has 4 aliphatic carbocycles. The van der Waals surface area contributed by atoms with Crippen molar-refractivity contribution in [2.45, 2.75) is 142 Å². The minimum atomic E-state index is -1.09. The number of hydrogen-bond donors (Lipinski definition) is 2. The van der Waals surface area contributed by atoms with Crippen molar-refractivity contribution >= 4 is 23.8 Å². The van der Waals surface area contributed by atoms with Crippen molar-refractivity contribution in [2.24, 2.45) is 40.2 Å². The third-order valence-corrected chi connectivity index (χ3v) is 12.5. The normalized spacial score (nSPS) is 46.5. The van der Waals surface area contributed by atoms with Gasteiger partial charge in [-0.25, -0.2) is 0 Å². The molecule has 1 amide bonds. The molecule has 0 spiro atoms. The first-order chi connectivity index (χ1) is 20.6. The van der Waals surface area contributed by atoms with E-state index in [1.54, 1.807) is 14.0 Å². The van der Waals surface area contributed by atoms with Crippen molar-refractivity contribution in [2.75, 3.05) is 7.05 Å². The zero-order valence-electron chi connectivity index (χ0n) is 27.4. The third kappa shape index (κ3) is 5.55. The predicted octanol–water partition coefficient (Wildman–Crippen LogP) is 3.40. The number of carbonyl (C=O) groups is 4. The van der Waals surface area contributed by atoms with Crippen molar-refractivity contribution in [3.05, 3.63) is 0 Å². The molecule has 4 saturated carbocycles. The lowest BCUT2D eigenvalue weighted by molar-refractivity contribution is -0.315. The molecule has 13 atom stereocenters. The molecule has 1 aliphatic heterocycles. The van der Waals surface area contributed by atoms with Gasteiger partial charge in [-0.15, -0.1) is 0 Å². The highest BCUT2D eigenvalue weighted by molar-refractivity contribution is 5.80. The largest absolute Gasteiger partial charge is 0.456 e. The monoisotopic (exact) mass is 620 g/mol. The molecule has 0 aromatic carbocycles. The van der Waals surface area contributed by atoms with Crippen LogP contribution in [0.2, 0.25) is 0 Å². The Bertz CT molecular complexity index is 1150. The number of esters is 3. The fraction of sp³-hybridized carbons (Fsp3) is 0.879. The molecule has 11 nitrogen and oxygen atoms in total. The summed E-state index contributed by atoms with van der Waals surface area (Å²) in [7, 11) is 1.73. The first kappa shape index (κ1) is 33.1. The van der Waals surface area contributed by atoms with Crippen LogP contribution < -0.4 is 11.1 Å². The Hall–Kier alpha value is -2.24. The van der Waals surface area contributed by atoms with Crippen LogP contribution in [0.15, 0.2) is 0 Å². The first-order valence-electron chi connectivity index (χ1n) is 16.5. The predicted molar refractivity (Wildman–Crippen MR) is 159 cm³/mol. The number of amides is 1. The Labute approximate surface area is 260 Å². The van der Waals surface area contributed by atoms with E-state index < -0.39 is 48.6 Å². The molecule has 5 fully saturated rings. The third-order valence-electron chi connectivity index (χ3n) is 12.5. The molecule has 5 rings (SSSR count). The number of fused-ring (bicyclic) bond motifs is 5. The quantitative estimate of drug-likeness (QED) is 0.257. The SMILES string of the molecule is CNC(=O)C1CC[C@@]2(N)[C@@H]3CCC4CC(O[C@@H]5O[C@H](C)[C@@H](OC(C)=O)[C@H](OC(C)=O)[C@@H]5OC(C)=O)CC[C@]4(C)[C@@H]3CC[C@]12C. The van der Waals surface area contributed by atoms with E-state index >= 15 is 0 Å². The number of hydrogen-bond acceptors (Lipinski definition) is 10. The Balaban J connectivity index is 1.31. The molecule has 0 bridgehead atoms. The Morgan fingerprint density at radius 3 is 2.07 bits per heavy atom. The maximum atomic E-state index is 12.8. The van der Waals surface area contributed by atoms with Crippen LogP contribution in [0, 0.1) is 34.5 Å². The Kier molecular flexibility index (Phi) is 9.17. The van der Waals surface area contributed by atoms with Gasteiger partial charge in [0.2, 0.25) is 5.91 Å². The maximum Gasteiger partial charge on any atom is 0.303 e. The number of rotatable bonds is 6. The van der Waals surface area contributed by atoms with E-state index in [2.05, 4.69) is 19.2 Å². The molecule has 0 radical (unpaired) electrons. The zero-order chi connectivity index (χ0) is 32.2. The Morgan fingerprint density at radius 1 is 0.795 bits per heavy atom. The van der Waals surface area contributed by atoms with E-state index in [0.717, 1.165) is 57.8 Å². The van der Waals surface area contributed by atoms with Crippen LogP contribution in [-0.4, -0.2) is 73.2 Å². The summed E-state index contributed by atoms with van der Waals surface area (Å²) >= 11 is 0. The summed E-state index contributed by atoms with van der Waals surface area (Å²) in [5.41, 5.74) is 6.97. The minimum absolute atomic E-state index is 0.0348. The van der Waals surface area contributed by atoms with Gasteiger partial charge >= 0.3 is 17.9 Å². The molecule has 5 aliphatic rings. The summed E-state index contributed by atoms with van der Waals surface area (Å²) in [6.07, 6.45) is 3.56. The van der Waals surface area contributed by atoms with Gasteiger partial charge in [0, 0.05) is 39.3 Å². The van der Waals surface area contributed by atoms with Gasteiger partial charge in [-0.05, 0) is 93.3 Å². The van der Waals surface area contributed by atoms with Crippen LogP contribution in [-0.2, 0) is 42.9 Å². The molecule has 248 valence electrons. The van der Waals surface area contributed by atoms with Crippen molar-refractivity contribution in [1.82, 2.24) is 5.32 Å². The second-order valence-electron chi connectivity index (χ2n) is 14.7. The fourth-order valence-corrected chi connectivity index (χ4v) is 10.3. The number of carbonyl (C=O) groups excluding carboxylic acids is 4. The van der Waals surface area contributed by atoms with E-state index in [1.165, 1.54) is 20.8 Å². The molecular weight excluding hydrogens is 568 g/mol. The second kappa shape index (κ2) is 12.2. The second-order valence-corrected chi connectivity index (χ2v) is 14.7. The van der Waals surface area contributed by atoms with Crippen LogP contribution >= 0.6 is 0 Å². The molecule has 0 aromatic rings. The highest BCUT2D eigenvalue weighted by Crippen LogP contribution is 2.68. The molecular formula is C33H52N2O9. The van der Waals surface area contributed by atoms with Crippen LogP contribution in [0.4, 0.5) is 0 Å². The van der Waals surface area contributed by atoms with Crippen molar-refractivity contribution < 1.29 is 42.9 Å². The lowest BCUT2D eigenvalue weighted by Gasteiger charge is -2.64. The molecule has 0 aromatic heterocycles. The summed E-state index contributed by atoms with van der Waals surface area (Å²) < 4.78 is 29.4. The highest BCUT2D eigenvalue weighted by atomic mass is 16.7. The highest BCUT2D eigenvalue weighted by Gasteiger charge is 2.67. The average Bonchev–Trinajstić information content (AvgIpc) is 3.23. The van der Waals surface area contributed by atoms with E-state index in [0.29, 0.717) is 17.8 Å². The summed E-state index contributed by atoms with van der Waals surface area (Å²) in [6.45, 7) is 10.2. The van der Waals surface area contributed by atoms with Gasteiger partial charge in [0.1, 0.15) is 0 Å². The Morgan fingerprint density at radius 2 is 1.43 bits per heavy atom. The standard InChI is InChI=1S/C33H52N2O9/c1-17-26(41-18(2)36)27(42-19(3)37)28(43-20(4)38)30(40-17)44-22-10-13-31(5)21(16-22)8-9-24-23(31)11-14-32(6)25(29(39)35-7)12-15-33(24,32)34/h17,21-28,30H,8-16,34H2,1-7H3,(H,35,39)/t17-,21?,22?,23-,24-,25?,26-,27+,28+,30+,31+,32-,33-/m1/s1. The fourth-order valence-electron chi connectivity index (χ4n) is 10.3. The van der Waals surface area contributed by atoms with Crippen molar-refractivity contribution in [1.29, 1.82) is 0 Å². The van der Waals surface area contributed by atoms with Gasteiger partial charge in [0.05, 0.1) is 12.2 Å². The summed E-state index contributed by atoms with van der Waals surface area (Å²) in [6, 6.07) is 0. The lowest BCUT2D eigenvalue weighted by atomic mass is 9.42. The van der Waals surface area contributed by atoms with Gasteiger partial charge in [-0.3, -0.25) is 19.2 Å². The molecule has 11 heteroatoms. The topological polar surface area (TPSA) is 152 Å². The van der Waals surface area contributed by atoms with Gasteiger partial charge in [0.25, 0.3) is 0 Å². The van der Waals surface area contributed by atoms with Crippen LogP contribution in [0.5, 0.6) is 0 Å². The lowest BCUT2D eigenvalue weighted by Crippen LogP contribution is -2.67. The van der Waals surface area contributed by atoms with Crippen molar-refractivity contribution in [3.63, 3.8) is 0 Å². The summed E-state index contributed by atoms with van der Waals surface area (Å²) in [5.74, 6) is -0.347. The maximum absolute atomic E-state index is 12.8. The average molecular weight is 621 g/mol. The molecule has 1 heterocycles. The minimum Gasteiger partial charge on any atom is -0.456 e. The van der Waals surface area contributed by atoms with Crippen LogP contribution in [0.1, 0.15) is 99.3 Å². The summed E-state index contributed by atoms with van der Waals surface area (Å²) in [5, 5.41) is 2.89. The summed E-state index contributed by atoms with van der Waals surface area (Å²) in [4.78, 5) is 48.9. The van der Waals surface area contributed by atoms with Crippen molar-refractivity contribution in [3.8, 4) is 0 Å². The van der Waals surface area contributed by atoms with E-state index in [1.807, 2.05) is 0 Å². The number of nitrogens with two attached hydrogens (primary N) is 1. The van der Waals surface area contributed by atoms with Gasteiger partial charge in [-0.1, -0.05) is 13.8 Å². The van der Waals surface area contributed by atoms with E-state index in [4.69, 9.17) is 29.4 Å². The first-order valence-corrected chi connectivity index (χ1v) is 16.5. The van der Waals surface area contributed by atoms with E-state index in [9.17, 15) is 19.2 Å².